The molecule has 2 aliphatic heterocycles. The quantitative estimate of drug-likeness (QED) is 0.652. The van der Waals surface area contributed by atoms with Gasteiger partial charge in [0.25, 0.3) is 0 Å². The Bertz CT molecular complexity index is 848. The second-order valence-electron chi connectivity index (χ2n) is 7.20. The molecule has 0 spiro atoms. The molecule has 11 heteroatoms. The summed E-state index contributed by atoms with van der Waals surface area (Å²) >= 11 is 5.84. The van der Waals surface area contributed by atoms with Gasteiger partial charge in [0.1, 0.15) is 0 Å². The number of benzene rings is 1. The highest BCUT2D eigenvalue weighted by atomic mass is 35.5. The van der Waals surface area contributed by atoms with E-state index in [-0.39, 0.29) is 23.4 Å². The Morgan fingerprint density at radius 1 is 0.933 bits per heavy atom. The van der Waals surface area contributed by atoms with Crippen LogP contribution < -0.4 is 0 Å². The Hall–Kier alpha value is -1.88. The third-order valence-electron chi connectivity index (χ3n) is 5.30. The molecular formula is C19H27ClN4O5S. The Balaban J connectivity index is 1.46. The van der Waals surface area contributed by atoms with Crippen molar-refractivity contribution < 1.29 is 22.7 Å². The SMILES string of the molecule is CCOC(=O)N1CCN(C(=O)CN2CCN(S(=O)(=O)c3ccc(Cl)cc3)CC2)CC1. The summed E-state index contributed by atoms with van der Waals surface area (Å²) in [5.74, 6) is -0.00693. The van der Waals surface area contributed by atoms with Gasteiger partial charge in [0.2, 0.25) is 15.9 Å². The average molecular weight is 459 g/mol. The van der Waals surface area contributed by atoms with Crippen LogP contribution in [-0.4, -0.2) is 105 Å². The Kier molecular flexibility index (Phi) is 7.56. The molecule has 0 unspecified atom stereocenters. The van der Waals surface area contributed by atoms with Gasteiger partial charge >= 0.3 is 6.09 Å². The standard InChI is InChI=1S/C19H27ClN4O5S/c1-2-29-19(26)23-11-9-22(10-12-23)18(25)15-21-7-13-24(14-8-21)30(27,28)17-5-3-16(20)4-6-17/h3-6H,2,7-15H2,1H3. The Labute approximate surface area is 182 Å². The van der Waals surface area contributed by atoms with Gasteiger partial charge in [-0.3, -0.25) is 9.69 Å². The second-order valence-corrected chi connectivity index (χ2v) is 9.58. The van der Waals surface area contributed by atoms with Gasteiger partial charge in [0.05, 0.1) is 18.0 Å². The minimum absolute atomic E-state index is 0.00693. The number of sulfonamides is 1. The number of ether oxygens (including phenoxy) is 1. The zero-order chi connectivity index (χ0) is 21.7. The van der Waals surface area contributed by atoms with Crippen molar-refractivity contribution in [2.45, 2.75) is 11.8 Å². The first-order valence-corrected chi connectivity index (χ1v) is 11.8. The monoisotopic (exact) mass is 458 g/mol. The van der Waals surface area contributed by atoms with E-state index in [1.807, 2.05) is 4.90 Å². The van der Waals surface area contributed by atoms with Crippen molar-refractivity contribution in [2.75, 3.05) is 65.5 Å². The number of nitrogens with zero attached hydrogens (tertiary/aromatic N) is 4. The minimum atomic E-state index is -3.57. The molecule has 2 saturated heterocycles. The van der Waals surface area contributed by atoms with E-state index in [1.165, 1.54) is 16.4 Å². The van der Waals surface area contributed by atoms with Crippen LogP contribution in [0.1, 0.15) is 6.92 Å². The van der Waals surface area contributed by atoms with E-state index in [4.69, 9.17) is 16.3 Å². The molecule has 0 bridgehead atoms. The molecule has 9 nitrogen and oxygen atoms in total. The highest BCUT2D eigenvalue weighted by Gasteiger charge is 2.30. The predicted octanol–water partition coefficient (Wildman–Crippen LogP) is 0.947. The first-order valence-electron chi connectivity index (χ1n) is 9.99. The molecule has 0 N–H and O–H groups in total. The molecule has 1 aromatic carbocycles. The summed E-state index contributed by atoms with van der Waals surface area (Å²) in [7, 11) is -3.57. The number of piperazine rings is 2. The lowest BCUT2D eigenvalue weighted by molar-refractivity contribution is -0.134. The number of carbonyl (C=O) groups is 2. The van der Waals surface area contributed by atoms with E-state index in [2.05, 4.69) is 0 Å². The second kappa shape index (κ2) is 9.95. The van der Waals surface area contributed by atoms with E-state index in [0.717, 1.165) is 0 Å². The van der Waals surface area contributed by atoms with E-state index in [1.54, 1.807) is 28.9 Å². The van der Waals surface area contributed by atoms with E-state index in [0.29, 0.717) is 64.0 Å². The minimum Gasteiger partial charge on any atom is -0.450 e. The van der Waals surface area contributed by atoms with E-state index >= 15 is 0 Å². The van der Waals surface area contributed by atoms with Crippen molar-refractivity contribution in [1.29, 1.82) is 0 Å². The molecule has 0 aromatic heterocycles. The van der Waals surface area contributed by atoms with Crippen LogP contribution in [0.25, 0.3) is 0 Å². The zero-order valence-corrected chi connectivity index (χ0v) is 18.6. The molecule has 0 radical (unpaired) electrons. The number of amides is 2. The number of halogens is 1. The van der Waals surface area contributed by atoms with Gasteiger partial charge in [-0.1, -0.05) is 11.6 Å². The first kappa shape index (κ1) is 22.8. The molecule has 0 aliphatic carbocycles. The predicted molar refractivity (Wildman–Crippen MR) is 112 cm³/mol. The normalized spacial score (nSPS) is 19.0. The number of rotatable bonds is 5. The summed E-state index contributed by atoms with van der Waals surface area (Å²) in [4.78, 5) is 29.9. The summed E-state index contributed by atoms with van der Waals surface area (Å²) < 4.78 is 31.9. The third kappa shape index (κ3) is 5.42. The van der Waals surface area contributed by atoms with Crippen molar-refractivity contribution in [2.24, 2.45) is 0 Å². The van der Waals surface area contributed by atoms with Crippen LogP contribution in [0, 0.1) is 0 Å². The van der Waals surface area contributed by atoms with Gasteiger partial charge in [0.15, 0.2) is 0 Å². The molecule has 2 heterocycles. The van der Waals surface area contributed by atoms with Crippen molar-refractivity contribution in [3.63, 3.8) is 0 Å². The molecule has 166 valence electrons. The van der Waals surface area contributed by atoms with Gasteiger partial charge in [0, 0.05) is 57.4 Å². The molecule has 0 atom stereocenters. The third-order valence-corrected chi connectivity index (χ3v) is 7.46. The maximum Gasteiger partial charge on any atom is 0.409 e. The van der Waals surface area contributed by atoms with E-state index < -0.39 is 10.0 Å². The number of carbonyl (C=O) groups excluding carboxylic acids is 2. The summed E-state index contributed by atoms with van der Waals surface area (Å²) in [6, 6.07) is 6.13. The van der Waals surface area contributed by atoms with Crippen molar-refractivity contribution in [1.82, 2.24) is 19.0 Å². The van der Waals surface area contributed by atoms with Crippen LogP contribution in [0.3, 0.4) is 0 Å². The van der Waals surface area contributed by atoms with Crippen LogP contribution >= 0.6 is 11.6 Å². The summed E-state index contributed by atoms with van der Waals surface area (Å²) in [5, 5.41) is 0.486. The van der Waals surface area contributed by atoms with Crippen LogP contribution in [0.2, 0.25) is 5.02 Å². The average Bonchev–Trinajstić information content (AvgIpc) is 2.75. The maximum absolute atomic E-state index is 12.8. The maximum atomic E-state index is 12.8. The van der Waals surface area contributed by atoms with Crippen molar-refractivity contribution in [3.05, 3.63) is 29.3 Å². The smallest absolute Gasteiger partial charge is 0.409 e. The summed E-state index contributed by atoms with van der Waals surface area (Å²) in [6.07, 6.45) is -0.345. The molecule has 2 amide bonds. The van der Waals surface area contributed by atoms with Gasteiger partial charge < -0.3 is 14.5 Å². The summed E-state index contributed by atoms with van der Waals surface area (Å²) in [6.45, 7) is 5.83. The molecule has 2 fully saturated rings. The van der Waals surface area contributed by atoms with E-state index in [9.17, 15) is 18.0 Å². The van der Waals surface area contributed by atoms with Crippen molar-refractivity contribution >= 4 is 33.6 Å². The van der Waals surface area contributed by atoms with Gasteiger partial charge in [-0.05, 0) is 31.2 Å². The van der Waals surface area contributed by atoms with Gasteiger partial charge in [-0.2, -0.15) is 4.31 Å². The fourth-order valence-corrected chi connectivity index (χ4v) is 5.08. The van der Waals surface area contributed by atoms with Crippen LogP contribution in [-0.2, 0) is 19.6 Å². The molecule has 3 rings (SSSR count). The largest absolute Gasteiger partial charge is 0.450 e. The highest BCUT2D eigenvalue weighted by molar-refractivity contribution is 7.89. The van der Waals surface area contributed by atoms with Gasteiger partial charge in [-0.15, -0.1) is 0 Å². The topological polar surface area (TPSA) is 90.5 Å². The Morgan fingerprint density at radius 2 is 1.50 bits per heavy atom. The molecule has 1 aromatic rings. The first-order chi connectivity index (χ1) is 14.3. The fourth-order valence-electron chi connectivity index (χ4n) is 3.53. The lowest BCUT2D eigenvalue weighted by Crippen LogP contribution is -2.55. The Morgan fingerprint density at radius 3 is 2.07 bits per heavy atom. The number of hydrogen-bond acceptors (Lipinski definition) is 6. The molecule has 2 aliphatic rings. The molecular weight excluding hydrogens is 432 g/mol. The highest BCUT2D eigenvalue weighted by Crippen LogP contribution is 2.20. The van der Waals surface area contributed by atoms with Crippen molar-refractivity contribution in [3.8, 4) is 0 Å². The lowest BCUT2D eigenvalue weighted by Gasteiger charge is -2.37. The molecule has 0 saturated carbocycles. The zero-order valence-electron chi connectivity index (χ0n) is 17.0. The van der Waals surface area contributed by atoms with Crippen LogP contribution in [0.4, 0.5) is 4.79 Å². The lowest BCUT2D eigenvalue weighted by atomic mass is 10.3. The number of hydrogen-bond donors (Lipinski definition) is 0. The molecule has 30 heavy (non-hydrogen) atoms. The fraction of sp³-hybridized carbons (Fsp3) is 0.579. The van der Waals surface area contributed by atoms with Crippen LogP contribution in [0.5, 0.6) is 0 Å². The summed E-state index contributed by atoms with van der Waals surface area (Å²) in [5.41, 5.74) is 0. The van der Waals surface area contributed by atoms with Gasteiger partial charge in [-0.25, -0.2) is 13.2 Å². The van der Waals surface area contributed by atoms with Crippen LogP contribution in [0.15, 0.2) is 29.2 Å².